The summed E-state index contributed by atoms with van der Waals surface area (Å²) >= 11 is 0. The molecule has 0 spiro atoms. The Balaban J connectivity index is 1.32. The van der Waals surface area contributed by atoms with Crippen molar-refractivity contribution in [3.05, 3.63) is 41.9 Å². The van der Waals surface area contributed by atoms with Crippen molar-refractivity contribution >= 4 is 11.7 Å². The van der Waals surface area contributed by atoms with Gasteiger partial charge in [-0.3, -0.25) is 9.69 Å². The Kier molecular flexibility index (Phi) is 5.80. The molecule has 1 atom stereocenters. The summed E-state index contributed by atoms with van der Waals surface area (Å²) in [4.78, 5) is 25.5. The lowest BCUT2D eigenvalue weighted by Gasteiger charge is -2.34. The first-order chi connectivity index (χ1) is 14.1. The highest BCUT2D eigenvalue weighted by Crippen LogP contribution is 2.32. The molecule has 2 aliphatic rings. The minimum atomic E-state index is -0.0395. The number of anilines is 1. The molecule has 29 heavy (non-hydrogen) atoms. The number of rotatable bonds is 6. The minimum Gasteiger partial charge on any atom is -0.454 e. The van der Waals surface area contributed by atoms with E-state index in [1.165, 1.54) is 11.9 Å². The summed E-state index contributed by atoms with van der Waals surface area (Å²) in [6.07, 6.45) is 2.44. The topological polar surface area (TPSA) is 79.8 Å². The maximum Gasteiger partial charge on any atom is 0.272 e. The van der Waals surface area contributed by atoms with E-state index < -0.39 is 0 Å². The average Bonchev–Trinajstić information content (AvgIpc) is 3.22. The van der Waals surface area contributed by atoms with Gasteiger partial charge in [0.2, 0.25) is 6.79 Å². The van der Waals surface area contributed by atoms with Crippen LogP contribution in [0.1, 0.15) is 36.3 Å². The molecule has 0 bridgehead atoms. The van der Waals surface area contributed by atoms with Crippen LogP contribution in [-0.4, -0.2) is 64.7 Å². The Morgan fingerprint density at radius 1 is 1.14 bits per heavy atom. The first-order valence-corrected chi connectivity index (χ1v) is 10.1. The van der Waals surface area contributed by atoms with Crippen molar-refractivity contribution in [2.45, 2.75) is 32.9 Å². The highest BCUT2D eigenvalue weighted by Gasteiger charge is 2.24. The molecule has 154 valence electrons. The summed E-state index contributed by atoms with van der Waals surface area (Å²) in [5, 5.41) is 3.29. The number of fused-ring (bicyclic) bond motifs is 1. The van der Waals surface area contributed by atoms with Crippen molar-refractivity contribution in [1.82, 2.24) is 19.8 Å². The summed E-state index contributed by atoms with van der Waals surface area (Å²) in [7, 11) is 0. The number of carbonyl (C=O) groups is 1. The van der Waals surface area contributed by atoms with Crippen LogP contribution in [0.4, 0.5) is 5.82 Å². The van der Waals surface area contributed by atoms with Crippen molar-refractivity contribution < 1.29 is 14.3 Å². The van der Waals surface area contributed by atoms with Crippen LogP contribution < -0.4 is 14.8 Å². The number of nitrogens with one attached hydrogen (secondary N) is 1. The molecule has 1 unspecified atom stereocenters. The molecular formula is C21H27N5O3. The smallest absolute Gasteiger partial charge is 0.272 e. The Morgan fingerprint density at radius 3 is 2.72 bits per heavy atom. The van der Waals surface area contributed by atoms with Gasteiger partial charge in [0, 0.05) is 44.8 Å². The molecule has 0 radical (unpaired) electrons. The number of ether oxygens (including phenoxy) is 2. The lowest BCUT2D eigenvalue weighted by molar-refractivity contribution is 0.0622. The van der Waals surface area contributed by atoms with Crippen LogP contribution in [0.15, 0.2) is 30.6 Å². The second kappa shape index (κ2) is 8.65. The number of piperazine rings is 1. The molecule has 1 N–H and O–H groups in total. The predicted octanol–water partition coefficient (Wildman–Crippen LogP) is 2.37. The Morgan fingerprint density at radius 2 is 1.93 bits per heavy atom. The molecule has 1 aromatic carbocycles. The number of hydrogen-bond acceptors (Lipinski definition) is 7. The average molecular weight is 397 g/mol. The Hall–Kier alpha value is -2.87. The quantitative estimate of drug-likeness (QED) is 0.802. The highest BCUT2D eigenvalue weighted by molar-refractivity contribution is 5.93. The summed E-state index contributed by atoms with van der Waals surface area (Å²) in [6, 6.07) is 8.10. The number of carbonyl (C=O) groups excluding carboxylic acids is 1. The van der Waals surface area contributed by atoms with Gasteiger partial charge in [-0.05, 0) is 31.0 Å². The van der Waals surface area contributed by atoms with Crippen LogP contribution in [0.3, 0.4) is 0 Å². The monoisotopic (exact) mass is 397 g/mol. The van der Waals surface area contributed by atoms with Gasteiger partial charge in [0.25, 0.3) is 5.91 Å². The van der Waals surface area contributed by atoms with Crippen molar-refractivity contribution in [3.63, 3.8) is 0 Å². The predicted molar refractivity (Wildman–Crippen MR) is 109 cm³/mol. The van der Waals surface area contributed by atoms with Crippen molar-refractivity contribution in [1.29, 1.82) is 0 Å². The van der Waals surface area contributed by atoms with Gasteiger partial charge in [0.05, 0.1) is 0 Å². The van der Waals surface area contributed by atoms with E-state index in [4.69, 9.17) is 9.47 Å². The first kappa shape index (κ1) is 19.4. The number of aromatic nitrogens is 2. The molecule has 1 saturated heterocycles. The second-order valence-electron chi connectivity index (χ2n) is 7.50. The third kappa shape index (κ3) is 4.59. The molecular weight excluding hydrogens is 370 g/mol. The number of amides is 1. The molecule has 8 nitrogen and oxygen atoms in total. The summed E-state index contributed by atoms with van der Waals surface area (Å²) in [5.74, 6) is 2.26. The van der Waals surface area contributed by atoms with Gasteiger partial charge >= 0.3 is 0 Å². The van der Waals surface area contributed by atoms with Crippen LogP contribution in [0.2, 0.25) is 0 Å². The highest BCUT2D eigenvalue weighted by atomic mass is 16.7. The molecule has 1 amide bonds. The van der Waals surface area contributed by atoms with Gasteiger partial charge < -0.3 is 19.7 Å². The Labute approximate surface area is 170 Å². The van der Waals surface area contributed by atoms with E-state index in [1.54, 1.807) is 6.07 Å². The van der Waals surface area contributed by atoms with E-state index in [2.05, 4.69) is 40.1 Å². The fourth-order valence-corrected chi connectivity index (χ4v) is 3.48. The summed E-state index contributed by atoms with van der Waals surface area (Å²) < 4.78 is 10.8. The maximum atomic E-state index is 12.9. The zero-order valence-corrected chi connectivity index (χ0v) is 16.9. The minimum absolute atomic E-state index is 0.0395. The summed E-state index contributed by atoms with van der Waals surface area (Å²) in [6.45, 7) is 8.32. The first-order valence-electron chi connectivity index (χ1n) is 10.1. The lowest BCUT2D eigenvalue weighted by Crippen LogP contribution is -2.48. The van der Waals surface area contributed by atoms with E-state index in [9.17, 15) is 4.79 Å². The fraction of sp³-hybridized carbons (Fsp3) is 0.476. The molecule has 8 heteroatoms. The van der Waals surface area contributed by atoms with Crippen LogP contribution in [-0.2, 0) is 6.54 Å². The third-order valence-electron chi connectivity index (χ3n) is 5.40. The lowest BCUT2D eigenvalue weighted by atomic mass is 10.1. The van der Waals surface area contributed by atoms with Crippen molar-refractivity contribution in [3.8, 4) is 11.5 Å². The van der Waals surface area contributed by atoms with Crippen molar-refractivity contribution in [2.75, 3.05) is 38.3 Å². The molecule has 1 fully saturated rings. The van der Waals surface area contributed by atoms with Gasteiger partial charge in [0.15, 0.2) is 11.5 Å². The Bertz CT molecular complexity index is 867. The third-order valence-corrected chi connectivity index (χ3v) is 5.40. The van der Waals surface area contributed by atoms with Crippen LogP contribution in [0, 0.1) is 0 Å². The molecule has 3 heterocycles. The molecule has 0 saturated carbocycles. The molecule has 2 aliphatic heterocycles. The molecule has 1 aromatic heterocycles. The van der Waals surface area contributed by atoms with Gasteiger partial charge in [-0.1, -0.05) is 13.0 Å². The van der Waals surface area contributed by atoms with Gasteiger partial charge in [0.1, 0.15) is 17.8 Å². The SMILES string of the molecule is CCC(C)Nc1cc(C(=O)N2CCN(Cc3ccc4c(c3)OCO4)CC2)ncn1. The van der Waals surface area contributed by atoms with E-state index >= 15 is 0 Å². The molecule has 4 rings (SSSR count). The van der Waals surface area contributed by atoms with Crippen LogP contribution >= 0.6 is 0 Å². The van der Waals surface area contributed by atoms with E-state index in [1.807, 2.05) is 17.0 Å². The molecule has 2 aromatic rings. The maximum absolute atomic E-state index is 12.9. The van der Waals surface area contributed by atoms with E-state index in [0.717, 1.165) is 37.6 Å². The zero-order chi connectivity index (χ0) is 20.2. The van der Waals surface area contributed by atoms with E-state index in [0.29, 0.717) is 30.6 Å². The van der Waals surface area contributed by atoms with E-state index in [-0.39, 0.29) is 12.7 Å². The normalized spacial score (nSPS) is 17.2. The zero-order valence-electron chi connectivity index (χ0n) is 16.9. The summed E-state index contributed by atoms with van der Waals surface area (Å²) in [5.41, 5.74) is 1.63. The molecule has 0 aliphatic carbocycles. The van der Waals surface area contributed by atoms with Gasteiger partial charge in [-0.25, -0.2) is 9.97 Å². The van der Waals surface area contributed by atoms with Crippen molar-refractivity contribution in [2.24, 2.45) is 0 Å². The van der Waals surface area contributed by atoms with Gasteiger partial charge in [-0.15, -0.1) is 0 Å². The van der Waals surface area contributed by atoms with Crippen LogP contribution in [0.25, 0.3) is 0 Å². The fourth-order valence-electron chi connectivity index (χ4n) is 3.48. The number of benzene rings is 1. The number of nitrogens with zero attached hydrogens (tertiary/aromatic N) is 4. The number of hydrogen-bond donors (Lipinski definition) is 1. The largest absolute Gasteiger partial charge is 0.454 e. The van der Waals surface area contributed by atoms with Gasteiger partial charge in [-0.2, -0.15) is 0 Å². The van der Waals surface area contributed by atoms with Crippen LogP contribution in [0.5, 0.6) is 11.5 Å². The standard InChI is InChI=1S/C21H27N5O3/c1-3-15(2)24-20-11-17(22-13-23-20)21(27)26-8-6-25(7-9-26)12-16-4-5-18-19(10-16)29-14-28-18/h4-5,10-11,13,15H,3,6-9,12,14H2,1-2H3,(H,22,23,24). The second-order valence-corrected chi connectivity index (χ2v) is 7.50.